The molecule has 7 heteroatoms. The maximum atomic E-state index is 12.6. The molecule has 3 aromatic carbocycles. The zero-order chi connectivity index (χ0) is 27.4. The predicted molar refractivity (Wildman–Crippen MR) is 149 cm³/mol. The fourth-order valence-electron chi connectivity index (χ4n) is 5.00. The minimum atomic E-state index is -0.581. The number of carbonyl (C=O) groups excluding carboxylic acids is 2. The lowest BCUT2D eigenvalue weighted by Gasteiger charge is -2.39. The number of hydrogen-bond donors (Lipinski definition) is 1. The molecule has 0 saturated heterocycles. The van der Waals surface area contributed by atoms with Gasteiger partial charge in [-0.25, -0.2) is 4.79 Å². The van der Waals surface area contributed by atoms with Crippen LogP contribution in [0.2, 0.25) is 0 Å². The Labute approximate surface area is 228 Å². The number of anilines is 1. The first-order chi connectivity index (χ1) is 18.9. The van der Waals surface area contributed by atoms with Crippen LogP contribution in [0.25, 0.3) is 22.5 Å². The number of nitrogens with zero attached hydrogens (tertiary/aromatic N) is 1. The van der Waals surface area contributed by atoms with E-state index in [1.807, 2.05) is 92.7 Å². The van der Waals surface area contributed by atoms with E-state index in [2.05, 4.69) is 10.5 Å². The summed E-state index contributed by atoms with van der Waals surface area (Å²) >= 11 is 0. The molecule has 0 spiro atoms. The summed E-state index contributed by atoms with van der Waals surface area (Å²) in [5.74, 6) is 0.332. The molecule has 0 aliphatic heterocycles. The number of carbonyl (C=O) groups is 2. The minimum absolute atomic E-state index is 0.126. The summed E-state index contributed by atoms with van der Waals surface area (Å²) in [4.78, 5) is 25.3. The van der Waals surface area contributed by atoms with E-state index in [0.717, 1.165) is 47.1 Å². The number of hydrogen-bond acceptors (Lipinski definition) is 6. The Kier molecular flexibility index (Phi) is 7.50. The molecule has 1 aromatic heterocycles. The van der Waals surface area contributed by atoms with Crippen LogP contribution in [0, 0.1) is 6.92 Å². The van der Waals surface area contributed by atoms with Crippen molar-refractivity contribution < 1.29 is 23.6 Å². The second-order valence-corrected chi connectivity index (χ2v) is 9.87. The van der Waals surface area contributed by atoms with Crippen molar-refractivity contribution in [2.45, 2.75) is 51.6 Å². The van der Waals surface area contributed by atoms with Gasteiger partial charge in [0.2, 0.25) is 0 Å². The van der Waals surface area contributed by atoms with Gasteiger partial charge in [-0.2, -0.15) is 0 Å². The molecule has 1 fully saturated rings. The van der Waals surface area contributed by atoms with Crippen LogP contribution in [0.15, 0.2) is 83.4 Å². The van der Waals surface area contributed by atoms with Crippen LogP contribution < -0.4 is 5.32 Å². The maximum Gasteiger partial charge on any atom is 0.412 e. The van der Waals surface area contributed by atoms with E-state index < -0.39 is 17.6 Å². The van der Waals surface area contributed by atoms with Crippen molar-refractivity contribution in [3.63, 3.8) is 0 Å². The van der Waals surface area contributed by atoms with Crippen LogP contribution in [0.3, 0.4) is 0 Å². The number of aryl methyl sites for hydroxylation is 1. The molecule has 39 heavy (non-hydrogen) atoms. The molecule has 0 unspecified atom stereocenters. The summed E-state index contributed by atoms with van der Waals surface area (Å²) in [5, 5.41) is 6.85. The molecule has 1 amide bonds. The third kappa shape index (κ3) is 5.30. The fraction of sp³-hybridized carbons (Fsp3) is 0.281. The third-order valence-corrected chi connectivity index (χ3v) is 7.43. The van der Waals surface area contributed by atoms with Gasteiger partial charge >= 0.3 is 12.1 Å². The number of benzene rings is 3. The van der Waals surface area contributed by atoms with Crippen molar-refractivity contribution >= 4 is 17.7 Å². The first kappa shape index (κ1) is 26.2. The van der Waals surface area contributed by atoms with Gasteiger partial charge in [-0.1, -0.05) is 90.4 Å². The Balaban J connectivity index is 1.29. The molecule has 7 nitrogen and oxygen atoms in total. The zero-order valence-electron chi connectivity index (χ0n) is 22.4. The van der Waals surface area contributed by atoms with E-state index in [0.29, 0.717) is 23.7 Å². The molecule has 0 bridgehead atoms. The van der Waals surface area contributed by atoms with E-state index in [1.54, 1.807) is 6.92 Å². The molecule has 1 aliphatic rings. The van der Waals surface area contributed by atoms with E-state index in [1.165, 1.54) is 0 Å². The highest BCUT2D eigenvalue weighted by molar-refractivity contribution is 5.91. The van der Waals surface area contributed by atoms with Crippen LogP contribution in [0.5, 0.6) is 0 Å². The van der Waals surface area contributed by atoms with Crippen LogP contribution in [-0.2, 0) is 19.7 Å². The lowest BCUT2D eigenvalue weighted by atomic mass is 9.64. The fourth-order valence-corrected chi connectivity index (χ4v) is 5.00. The highest BCUT2D eigenvalue weighted by atomic mass is 16.6. The number of esters is 1. The van der Waals surface area contributed by atoms with Crippen molar-refractivity contribution in [3.8, 4) is 22.5 Å². The number of aromatic nitrogens is 1. The SMILES string of the molecule is CCOC(=O)C1(c2ccc(-c3ccc(-c4onc(C)c4NC(=O)O[C@H](C)c4ccccc4)cc3)cc2)CCC1. The van der Waals surface area contributed by atoms with Crippen molar-refractivity contribution in [1.82, 2.24) is 5.16 Å². The first-order valence-corrected chi connectivity index (χ1v) is 13.3. The average molecular weight is 525 g/mol. The Bertz CT molecular complexity index is 1440. The monoisotopic (exact) mass is 524 g/mol. The van der Waals surface area contributed by atoms with Crippen molar-refractivity contribution in [2.24, 2.45) is 0 Å². The average Bonchev–Trinajstić information content (AvgIpc) is 3.28. The quantitative estimate of drug-likeness (QED) is 0.239. The van der Waals surface area contributed by atoms with E-state index in [-0.39, 0.29) is 5.97 Å². The largest absolute Gasteiger partial charge is 0.465 e. The lowest BCUT2D eigenvalue weighted by molar-refractivity contribution is -0.153. The molecule has 200 valence electrons. The number of amides is 1. The molecular formula is C32H32N2O5. The zero-order valence-corrected chi connectivity index (χ0v) is 22.4. The van der Waals surface area contributed by atoms with Gasteiger partial charge in [0, 0.05) is 5.56 Å². The van der Waals surface area contributed by atoms with Crippen molar-refractivity contribution in [3.05, 3.63) is 95.7 Å². The van der Waals surface area contributed by atoms with Crippen molar-refractivity contribution in [1.29, 1.82) is 0 Å². The smallest absolute Gasteiger partial charge is 0.412 e. The van der Waals surface area contributed by atoms with Gasteiger partial charge in [-0.15, -0.1) is 0 Å². The van der Waals surface area contributed by atoms with Crippen LogP contribution in [0.1, 0.15) is 56.0 Å². The Morgan fingerprint density at radius 1 is 0.949 bits per heavy atom. The molecule has 1 saturated carbocycles. The topological polar surface area (TPSA) is 90.7 Å². The van der Waals surface area contributed by atoms with Crippen molar-refractivity contribution in [2.75, 3.05) is 11.9 Å². The van der Waals surface area contributed by atoms with Gasteiger partial charge in [0.05, 0.1) is 12.0 Å². The molecule has 1 heterocycles. The normalized spacial score (nSPS) is 14.6. The second-order valence-electron chi connectivity index (χ2n) is 9.87. The van der Waals surface area contributed by atoms with Gasteiger partial charge in [0.1, 0.15) is 17.5 Å². The highest BCUT2D eigenvalue weighted by Crippen LogP contribution is 2.45. The van der Waals surface area contributed by atoms with Gasteiger partial charge in [0.25, 0.3) is 0 Å². The maximum absolute atomic E-state index is 12.6. The Hall–Kier alpha value is -4.39. The molecule has 0 radical (unpaired) electrons. The van der Waals surface area contributed by atoms with E-state index >= 15 is 0 Å². The highest BCUT2D eigenvalue weighted by Gasteiger charge is 2.46. The summed E-state index contributed by atoms with van der Waals surface area (Å²) < 4.78 is 16.5. The van der Waals surface area contributed by atoms with Gasteiger partial charge in [-0.3, -0.25) is 10.1 Å². The van der Waals surface area contributed by atoms with Crippen LogP contribution in [0.4, 0.5) is 10.5 Å². The second kappa shape index (κ2) is 11.2. The minimum Gasteiger partial charge on any atom is -0.465 e. The molecule has 5 rings (SSSR count). The summed E-state index contributed by atoms with van der Waals surface area (Å²) in [6.07, 6.45) is 1.69. The molecule has 1 aliphatic carbocycles. The molecule has 4 aromatic rings. The Morgan fingerprint density at radius 2 is 1.56 bits per heavy atom. The number of ether oxygens (including phenoxy) is 2. The summed E-state index contributed by atoms with van der Waals surface area (Å²) in [7, 11) is 0. The summed E-state index contributed by atoms with van der Waals surface area (Å²) in [6, 6.07) is 25.5. The molecule has 1 atom stereocenters. The summed E-state index contributed by atoms with van der Waals surface area (Å²) in [6.45, 7) is 5.82. The standard InChI is InChI=1S/C32H32N2O5/c1-4-37-30(35)32(19-8-20-32)27-17-15-25(16-18-27)24-11-13-26(14-12-24)29-28(21(2)34-39-29)33-31(36)38-22(3)23-9-6-5-7-10-23/h5-7,9-18,22H,4,8,19-20H2,1-3H3,(H,33,36)/t22-/m1/s1. The number of rotatable bonds is 8. The first-order valence-electron chi connectivity index (χ1n) is 13.3. The van der Waals surface area contributed by atoms with E-state index in [4.69, 9.17) is 14.0 Å². The summed E-state index contributed by atoms with van der Waals surface area (Å²) in [5.41, 5.74) is 5.27. The van der Waals surface area contributed by atoms with Gasteiger partial charge in [-0.05, 0) is 55.9 Å². The van der Waals surface area contributed by atoms with Crippen LogP contribution >= 0.6 is 0 Å². The van der Waals surface area contributed by atoms with Gasteiger partial charge < -0.3 is 14.0 Å². The molecule has 1 N–H and O–H groups in total. The van der Waals surface area contributed by atoms with Crippen LogP contribution in [-0.4, -0.2) is 23.8 Å². The van der Waals surface area contributed by atoms with Gasteiger partial charge in [0.15, 0.2) is 5.76 Å². The predicted octanol–water partition coefficient (Wildman–Crippen LogP) is 7.61. The molecular weight excluding hydrogens is 492 g/mol. The Morgan fingerprint density at radius 3 is 2.15 bits per heavy atom. The number of nitrogens with one attached hydrogen (secondary N) is 1. The van der Waals surface area contributed by atoms with E-state index in [9.17, 15) is 9.59 Å². The lowest BCUT2D eigenvalue weighted by Crippen LogP contribution is -2.43. The third-order valence-electron chi connectivity index (χ3n) is 7.43.